The summed E-state index contributed by atoms with van der Waals surface area (Å²) in [5.74, 6) is 2.51. The van der Waals surface area contributed by atoms with Crippen LogP contribution in [0.2, 0.25) is 0 Å². The van der Waals surface area contributed by atoms with Crippen molar-refractivity contribution >= 4 is 17.5 Å². The predicted molar refractivity (Wildman–Crippen MR) is 121 cm³/mol. The second-order valence-electron chi connectivity index (χ2n) is 8.69. The number of anilines is 3. The maximum Gasteiger partial charge on any atom is 0.229 e. The van der Waals surface area contributed by atoms with Gasteiger partial charge in [0.05, 0.1) is 11.6 Å². The van der Waals surface area contributed by atoms with Crippen molar-refractivity contribution in [3.63, 3.8) is 0 Å². The largest absolute Gasteiger partial charge is 0.355 e. The molecule has 1 saturated heterocycles. The normalized spacial score (nSPS) is 18.8. The molecule has 0 radical (unpaired) electrons. The summed E-state index contributed by atoms with van der Waals surface area (Å²) in [5, 5.41) is 16.4. The first kappa shape index (κ1) is 20.6. The van der Waals surface area contributed by atoms with Crippen LogP contribution in [-0.2, 0) is 6.42 Å². The zero-order chi connectivity index (χ0) is 20.9. The summed E-state index contributed by atoms with van der Waals surface area (Å²) in [7, 11) is 0. The summed E-state index contributed by atoms with van der Waals surface area (Å²) in [5.41, 5.74) is 3.55. The van der Waals surface area contributed by atoms with Gasteiger partial charge in [-0.05, 0) is 69.2 Å². The lowest BCUT2D eigenvalue weighted by Crippen LogP contribution is -2.46. The summed E-state index contributed by atoms with van der Waals surface area (Å²) < 4.78 is 0. The van der Waals surface area contributed by atoms with Crippen LogP contribution >= 0.6 is 0 Å². The number of hydrogen-bond donors (Lipinski definition) is 2. The number of rotatable bonds is 8. The molecule has 1 aliphatic heterocycles. The molecule has 4 rings (SSSR count). The highest BCUT2D eigenvalue weighted by Crippen LogP contribution is 2.28. The van der Waals surface area contributed by atoms with Gasteiger partial charge in [-0.15, -0.1) is 0 Å². The van der Waals surface area contributed by atoms with Crippen molar-refractivity contribution in [3.05, 3.63) is 41.1 Å². The van der Waals surface area contributed by atoms with Crippen LogP contribution in [0, 0.1) is 24.2 Å². The molecule has 1 aliphatic carbocycles. The van der Waals surface area contributed by atoms with Gasteiger partial charge in [-0.1, -0.05) is 19.4 Å². The van der Waals surface area contributed by atoms with E-state index in [1.165, 1.54) is 25.7 Å². The van der Waals surface area contributed by atoms with E-state index in [-0.39, 0.29) is 0 Å². The summed E-state index contributed by atoms with van der Waals surface area (Å²) in [4.78, 5) is 12.0. The van der Waals surface area contributed by atoms with Crippen molar-refractivity contribution in [2.45, 2.75) is 58.4 Å². The fraction of sp³-hybridized carbons (Fsp3) is 0.542. The third-order valence-electron chi connectivity index (χ3n) is 6.02. The number of hydrogen-bond acceptors (Lipinski definition) is 6. The molecule has 2 N–H and O–H groups in total. The molecule has 6 nitrogen and oxygen atoms in total. The Kier molecular flexibility index (Phi) is 6.49. The molecule has 1 aromatic carbocycles. The van der Waals surface area contributed by atoms with Crippen molar-refractivity contribution in [2.75, 3.05) is 29.9 Å². The Balaban J connectivity index is 1.52. The van der Waals surface area contributed by atoms with Crippen LogP contribution in [0.4, 0.5) is 17.5 Å². The molecular weight excluding hydrogens is 372 g/mol. The molecule has 6 heteroatoms. The van der Waals surface area contributed by atoms with Gasteiger partial charge >= 0.3 is 0 Å². The van der Waals surface area contributed by atoms with Gasteiger partial charge in [-0.2, -0.15) is 10.2 Å². The number of nitrogens with one attached hydrogen (secondary N) is 2. The highest BCUT2D eigenvalue weighted by Gasteiger charge is 2.25. The predicted octanol–water partition coefficient (Wildman–Crippen LogP) is 4.32. The van der Waals surface area contributed by atoms with Crippen LogP contribution in [0.3, 0.4) is 0 Å². The molecule has 1 atom stereocenters. The summed E-state index contributed by atoms with van der Waals surface area (Å²) >= 11 is 0. The average Bonchev–Trinajstić information content (AvgIpc) is 3.58. The van der Waals surface area contributed by atoms with Gasteiger partial charge in [0.1, 0.15) is 5.82 Å². The van der Waals surface area contributed by atoms with E-state index >= 15 is 0 Å². The SMILES string of the molecule is CCCc1cc(N2CCCC(NCC3CC3)C2)nc(Nc2ccc(C)c(C#N)c2)n1. The molecule has 2 heterocycles. The van der Waals surface area contributed by atoms with E-state index in [4.69, 9.17) is 9.97 Å². The van der Waals surface area contributed by atoms with E-state index in [9.17, 15) is 5.26 Å². The van der Waals surface area contributed by atoms with Crippen molar-refractivity contribution < 1.29 is 0 Å². The van der Waals surface area contributed by atoms with Crippen LogP contribution in [0.1, 0.15) is 55.8 Å². The number of aryl methyl sites for hydroxylation is 2. The van der Waals surface area contributed by atoms with E-state index in [0.29, 0.717) is 17.6 Å². The van der Waals surface area contributed by atoms with Gasteiger partial charge in [0.2, 0.25) is 5.95 Å². The van der Waals surface area contributed by atoms with Crippen molar-refractivity contribution in [3.8, 4) is 6.07 Å². The first-order valence-electron chi connectivity index (χ1n) is 11.3. The second kappa shape index (κ2) is 9.44. The summed E-state index contributed by atoms with van der Waals surface area (Å²) in [6.45, 7) is 7.31. The van der Waals surface area contributed by atoms with E-state index < -0.39 is 0 Å². The zero-order valence-corrected chi connectivity index (χ0v) is 18.1. The van der Waals surface area contributed by atoms with Crippen molar-refractivity contribution in [1.82, 2.24) is 15.3 Å². The highest BCUT2D eigenvalue weighted by molar-refractivity contribution is 5.59. The maximum atomic E-state index is 9.32. The van der Waals surface area contributed by atoms with Gasteiger partial charge < -0.3 is 15.5 Å². The van der Waals surface area contributed by atoms with Gasteiger partial charge in [0.25, 0.3) is 0 Å². The minimum atomic E-state index is 0.538. The lowest BCUT2D eigenvalue weighted by molar-refractivity contribution is 0.414. The first-order valence-corrected chi connectivity index (χ1v) is 11.3. The molecule has 158 valence electrons. The minimum Gasteiger partial charge on any atom is -0.355 e. The van der Waals surface area contributed by atoms with Crippen molar-refractivity contribution in [2.24, 2.45) is 5.92 Å². The standard InChI is InChI=1S/C24H32N6/c1-3-5-20-13-23(30-11-4-6-22(16-30)26-15-18-8-9-18)29-24(27-20)28-21-10-7-17(2)19(12-21)14-25/h7,10,12-13,18,22,26H,3-6,8-9,11,15-16H2,1-2H3,(H,27,28,29). The summed E-state index contributed by atoms with van der Waals surface area (Å²) in [6.07, 6.45) is 7.17. The lowest BCUT2D eigenvalue weighted by atomic mass is 10.1. The first-order chi connectivity index (χ1) is 14.6. The Morgan fingerprint density at radius 2 is 2.07 bits per heavy atom. The third kappa shape index (κ3) is 5.28. The topological polar surface area (TPSA) is 76.9 Å². The highest BCUT2D eigenvalue weighted by atomic mass is 15.2. The molecule has 30 heavy (non-hydrogen) atoms. The molecule has 0 amide bonds. The molecule has 0 bridgehead atoms. The smallest absolute Gasteiger partial charge is 0.229 e. The molecule has 1 aromatic heterocycles. The number of nitrogens with zero attached hydrogens (tertiary/aromatic N) is 4. The lowest BCUT2D eigenvalue weighted by Gasteiger charge is -2.34. The molecule has 2 aromatic rings. The van der Waals surface area contributed by atoms with Crippen LogP contribution < -0.4 is 15.5 Å². The van der Waals surface area contributed by atoms with E-state index in [0.717, 1.165) is 61.2 Å². The van der Waals surface area contributed by atoms with Gasteiger partial charge in [0.15, 0.2) is 0 Å². The van der Waals surface area contributed by atoms with Gasteiger partial charge in [0, 0.05) is 36.6 Å². The van der Waals surface area contributed by atoms with Crippen LogP contribution in [0.15, 0.2) is 24.3 Å². The number of benzene rings is 1. The van der Waals surface area contributed by atoms with E-state index in [1.807, 2.05) is 25.1 Å². The molecule has 0 spiro atoms. The monoisotopic (exact) mass is 404 g/mol. The Bertz CT molecular complexity index is 914. The quantitative estimate of drug-likeness (QED) is 0.682. The molecule has 2 aliphatic rings. The van der Waals surface area contributed by atoms with Gasteiger partial charge in [-0.25, -0.2) is 4.98 Å². The van der Waals surface area contributed by atoms with Gasteiger partial charge in [-0.3, -0.25) is 0 Å². The van der Waals surface area contributed by atoms with Crippen LogP contribution in [0.25, 0.3) is 0 Å². The maximum absolute atomic E-state index is 9.32. The Hall–Kier alpha value is -2.65. The fourth-order valence-corrected chi connectivity index (χ4v) is 4.04. The Labute approximate surface area is 179 Å². The second-order valence-corrected chi connectivity index (χ2v) is 8.69. The molecule has 2 fully saturated rings. The molecule has 1 saturated carbocycles. The van der Waals surface area contributed by atoms with E-state index in [2.05, 4.69) is 34.6 Å². The molecular formula is C24H32N6. The average molecular weight is 405 g/mol. The summed E-state index contributed by atoms with van der Waals surface area (Å²) in [6, 6.07) is 10.7. The van der Waals surface area contributed by atoms with Crippen molar-refractivity contribution in [1.29, 1.82) is 5.26 Å². The minimum absolute atomic E-state index is 0.538. The Morgan fingerprint density at radius 1 is 1.20 bits per heavy atom. The number of nitriles is 1. The third-order valence-corrected chi connectivity index (χ3v) is 6.02. The zero-order valence-electron chi connectivity index (χ0n) is 18.1. The van der Waals surface area contributed by atoms with Crippen LogP contribution in [0.5, 0.6) is 0 Å². The Morgan fingerprint density at radius 3 is 2.83 bits per heavy atom. The van der Waals surface area contributed by atoms with Crippen LogP contribution in [-0.4, -0.2) is 35.6 Å². The number of aromatic nitrogens is 2. The fourth-order valence-electron chi connectivity index (χ4n) is 4.04. The number of piperidine rings is 1. The van der Waals surface area contributed by atoms with E-state index in [1.54, 1.807) is 0 Å². The molecule has 1 unspecified atom stereocenters.